The lowest BCUT2D eigenvalue weighted by molar-refractivity contribution is -0.00000433. The van der Waals surface area contributed by atoms with Gasteiger partial charge in [0, 0.05) is 27.3 Å². The fourth-order valence-electron chi connectivity index (χ4n) is 2.43. The van der Waals surface area contributed by atoms with Crippen molar-refractivity contribution in [2.24, 2.45) is 0 Å². The van der Waals surface area contributed by atoms with Crippen LogP contribution in [-0.4, -0.2) is 26.2 Å². The molecule has 0 aliphatic carbocycles. The Hall–Kier alpha value is 0.910. The van der Waals surface area contributed by atoms with Gasteiger partial charge in [0.1, 0.15) is 0 Å². The van der Waals surface area contributed by atoms with Crippen molar-refractivity contribution in [2.75, 3.05) is 26.2 Å². The largest absolute Gasteiger partial charge is 1.00 e. The molecule has 0 atom stereocenters. The summed E-state index contributed by atoms with van der Waals surface area (Å²) in [4.78, 5) is 0. The molecule has 2 heteroatoms. The summed E-state index contributed by atoms with van der Waals surface area (Å²) in [5.41, 5.74) is 0. The van der Waals surface area contributed by atoms with Gasteiger partial charge in [-0.05, 0) is 12.8 Å². The molecule has 0 radical (unpaired) electrons. The van der Waals surface area contributed by atoms with Crippen LogP contribution >= 0.6 is 7.26 Å². The number of rotatable bonds is 13. The Labute approximate surface area is 134 Å². The Balaban J connectivity index is 0. The van der Waals surface area contributed by atoms with Crippen LogP contribution in [0.2, 0.25) is 0 Å². The molecule has 19 heavy (non-hydrogen) atoms. The molecule has 0 aromatic heterocycles. The summed E-state index contributed by atoms with van der Waals surface area (Å²) < 4.78 is 0. The number of hydrogen-bond acceptors (Lipinski definition) is 0. The van der Waals surface area contributed by atoms with Gasteiger partial charge in [-0.1, -0.05) is 71.1 Å². The molecule has 0 saturated carbocycles. The van der Waals surface area contributed by atoms with Gasteiger partial charge >= 0.3 is 0 Å². The van der Waals surface area contributed by atoms with Crippen molar-refractivity contribution < 1.29 is 17.0 Å². The highest BCUT2D eigenvalue weighted by Crippen LogP contribution is 2.47. The Kier molecular flexibility index (Phi) is 17.9. The highest BCUT2D eigenvalue weighted by atomic mass is 79.9. The second-order valence-corrected chi connectivity index (χ2v) is 11.9. The monoisotopic (exact) mass is 352 g/mol. The van der Waals surface area contributed by atoms with Crippen LogP contribution in [-0.2, 0) is 0 Å². The molecule has 0 amide bonds. The minimum Gasteiger partial charge on any atom is -1.00 e. The molecule has 0 unspecified atom stereocenters. The summed E-state index contributed by atoms with van der Waals surface area (Å²) in [5, 5.41) is 0. The van der Waals surface area contributed by atoms with Gasteiger partial charge in [0.15, 0.2) is 0 Å². The molecule has 0 aromatic carbocycles. The van der Waals surface area contributed by atoms with Crippen molar-refractivity contribution in [3.63, 3.8) is 0 Å². The van der Waals surface area contributed by atoms with Crippen LogP contribution in [0.3, 0.4) is 0 Å². The van der Waals surface area contributed by atoms with Crippen LogP contribution in [0, 0.1) is 0 Å². The third kappa shape index (κ3) is 21.4. The summed E-state index contributed by atoms with van der Waals surface area (Å²) in [6, 6.07) is 0. The third-order valence-corrected chi connectivity index (χ3v) is 5.34. The Morgan fingerprint density at radius 1 is 0.526 bits per heavy atom. The number of unbranched alkanes of at least 4 members (excludes halogenated alkanes) is 11. The van der Waals surface area contributed by atoms with Crippen LogP contribution in [0.1, 0.15) is 84.0 Å². The van der Waals surface area contributed by atoms with Crippen LogP contribution in [0.5, 0.6) is 0 Å². The van der Waals surface area contributed by atoms with Gasteiger partial charge in [0.2, 0.25) is 0 Å². The average molecular weight is 353 g/mol. The molecule has 0 N–H and O–H groups in total. The van der Waals surface area contributed by atoms with Crippen molar-refractivity contribution in [1.82, 2.24) is 0 Å². The van der Waals surface area contributed by atoms with Crippen molar-refractivity contribution >= 4 is 7.26 Å². The molecule has 118 valence electrons. The molecule has 0 aliphatic rings. The summed E-state index contributed by atoms with van der Waals surface area (Å²) in [7, 11) is -0.496. The predicted octanol–water partition coefficient (Wildman–Crippen LogP) is 3.60. The van der Waals surface area contributed by atoms with Crippen LogP contribution < -0.4 is 17.0 Å². The maximum Gasteiger partial charge on any atom is 0.0586 e. The summed E-state index contributed by atoms with van der Waals surface area (Å²) in [6.07, 6.45) is 19.1. The first-order valence-electron chi connectivity index (χ1n) is 8.36. The van der Waals surface area contributed by atoms with Crippen LogP contribution in [0.15, 0.2) is 0 Å². The molecule has 0 heterocycles. The molecule has 0 spiro atoms. The lowest BCUT2D eigenvalue weighted by Gasteiger charge is -2.10. The van der Waals surface area contributed by atoms with E-state index in [1.54, 1.807) is 0 Å². The quantitative estimate of drug-likeness (QED) is 0.351. The fraction of sp³-hybridized carbons (Fsp3) is 1.00. The SMILES string of the molecule is CCCCCCCCCCCCCC[P+](C)(C)C.[Br-]. The zero-order valence-electron chi connectivity index (χ0n) is 14.0. The highest BCUT2D eigenvalue weighted by molar-refractivity contribution is 7.73. The molecular formula is C17H38BrP. The third-order valence-electron chi connectivity index (χ3n) is 3.68. The van der Waals surface area contributed by atoms with E-state index in [9.17, 15) is 0 Å². The van der Waals surface area contributed by atoms with Gasteiger partial charge in [-0.2, -0.15) is 0 Å². The zero-order valence-corrected chi connectivity index (χ0v) is 16.5. The summed E-state index contributed by atoms with van der Waals surface area (Å²) in [5.74, 6) is 0. The normalized spacial score (nSPS) is 11.4. The topological polar surface area (TPSA) is 0 Å². The lowest BCUT2D eigenvalue weighted by Crippen LogP contribution is -3.00. The van der Waals surface area contributed by atoms with Gasteiger partial charge in [-0.15, -0.1) is 0 Å². The first kappa shape index (κ1) is 22.2. The molecule has 0 bridgehead atoms. The van der Waals surface area contributed by atoms with E-state index in [0.717, 1.165) is 0 Å². The number of halogens is 1. The smallest absolute Gasteiger partial charge is 0.0586 e. The fourth-order valence-corrected chi connectivity index (χ4v) is 3.60. The maximum atomic E-state index is 2.46. The maximum absolute atomic E-state index is 2.46. The van der Waals surface area contributed by atoms with E-state index in [4.69, 9.17) is 0 Å². The van der Waals surface area contributed by atoms with Crippen molar-refractivity contribution in [3.05, 3.63) is 0 Å². The Morgan fingerprint density at radius 3 is 1.16 bits per heavy atom. The summed E-state index contributed by atoms with van der Waals surface area (Å²) in [6.45, 7) is 9.68. The number of hydrogen-bond donors (Lipinski definition) is 0. The Morgan fingerprint density at radius 2 is 0.842 bits per heavy atom. The van der Waals surface area contributed by atoms with E-state index in [0.29, 0.717) is 0 Å². The van der Waals surface area contributed by atoms with E-state index in [-0.39, 0.29) is 17.0 Å². The predicted molar refractivity (Wildman–Crippen MR) is 90.6 cm³/mol. The molecule has 0 nitrogen and oxygen atoms in total. The average Bonchev–Trinajstić information content (AvgIpc) is 2.29. The summed E-state index contributed by atoms with van der Waals surface area (Å²) >= 11 is 0. The minimum atomic E-state index is -0.496. The van der Waals surface area contributed by atoms with Gasteiger partial charge in [0.05, 0.1) is 6.16 Å². The van der Waals surface area contributed by atoms with E-state index >= 15 is 0 Å². The van der Waals surface area contributed by atoms with Crippen molar-refractivity contribution in [2.45, 2.75) is 84.0 Å². The second-order valence-electron chi connectivity index (χ2n) is 6.90. The molecule has 0 saturated heterocycles. The van der Waals surface area contributed by atoms with E-state index < -0.39 is 7.26 Å². The van der Waals surface area contributed by atoms with Gasteiger partial charge in [0.25, 0.3) is 0 Å². The molecule has 0 aromatic rings. The van der Waals surface area contributed by atoms with Crippen molar-refractivity contribution in [3.8, 4) is 0 Å². The van der Waals surface area contributed by atoms with E-state index in [1.165, 1.54) is 83.2 Å². The second kappa shape index (κ2) is 15.3. The standard InChI is InChI=1S/C17H38P.BrH/c1-5-6-7-8-9-10-11-12-13-14-15-16-17-18(2,3)4;/h5-17H2,1-4H3;1H/q+1;/p-1. The highest BCUT2D eigenvalue weighted by Gasteiger charge is 2.15. The van der Waals surface area contributed by atoms with Gasteiger partial charge in [-0.3, -0.25) is 0 Å². The Bertz CT molecular complexity index is 163. The van der Waals surface area contributed by atoms with Crippen molar-refractivity contribution in [1.29, 1.82) is 0 Å². The van der Waals surface area contributed by atoms with Gasteiger partial charge < -0.3 is 17.0 Å². The lowest BCUT2D eigenvalue weighted by atomic mass is 10.1. The zero-order chi connectivity index (χ0) is 13.7. The molecule has 0 fully saturated rings. The molecule has 0 aliphatic heterocycles. The van der Waals surface area contributed by atoms with Crippen LogP contribution in [0.4, 0.5) is 0 Å². The minimum absolute atomic E-state index is 0. The first-order chi connectivity index (χ1) is 8.56. The van der Waals surface area contributed by atoms with Crippen LogP contribution in [0.25, 0.3) is 0 Å². The molecular weight excluding hydrogens is 315 g/mol. The molecule has 0 rings (SSSR count). The van der Waals surface area contributed by atoms with E-state index in [1.807, 2.05) is 0 Å². The first-order valence-corrected chi connectivity index (χ1v) is 11.7. The van der Waals surface area contributed by atoms with Gasteiger partial charge in [-0.25, -0.2) is 0 Å². The van der Waals surface area contributed by atoms with E-state index in [2.05, 4.69) is 26.9 Å².